The van der Waals surface area contributed by atoms with Crippen molar-refractivity contribution in [2.75, 3.05) is 33.4 Å². The van der Waals surface area contributed by atoms with Gasteiger partial charge in [-0.15, -0.1) is 0 Å². The van der Waals surface area contributed by atoms with Crippen molar-refractivity contribution >= 4 is 11.8 Å². The summed E-state index contributed by atoms with van der Waals surface area (Å²) in [5.41, 5.74) is 2.43. The summed E-state index contributed by atoms with van der Waals surface area (Å²) in [6, 6.07) is 13.6. The van der Waals surface area contributed by atoms with Gasteiger partial charge in [0.25, 0.3) is 5.91 Å². The molecule has 2 atom stereocenters. The molecule has 1 aliphatic heterocycles. The molecular weight excluding hydrogens is 435 g/mol. The van der Waals surface area contributed by atoms with E-state index >= 15 is 0 Å². The monoisotopic (exact) mass is 468 g/mol. The lowest BCUT2D eigenvalue weighted by molar-refractivity contribution is -0.127. The first-order chi connectivity index (χ1) is 16.4. The Bertz CT molecular complexity index is 1020. The number of nitrogens with one attached hydrogen (secondary N) is 1. The van der Waals surface area contributed by atoms with Crippen molar-refractivity contribution in [2.24, 2.45) is 5.92 Å². The third-order valence-electron chi connectivity index (χ3n) is 7.12. The van der Waals surface area contributed by atoms with Crippen molar-refractivity contribution in [3.05, 3.63) is 71.0 Å². The summed E-state index contributed by atoms with van der Waals surface area (Å²) in [4.78, 5) is 27.6. The van der Waals surface area contributed by atoms with Gasteiger partial charge in [-0.25, -0.2) is 4.39 Å². The first-order valence-electron chi connectivity index (χ1n) is 11.9. The number of hydrogen-bond donors (Lipinski definition) is 1. The van der Waals surface area contributed by atoms with Gasteiger partial charge < -0.3 is 19.7 Å². The molecule has 2 aromatic carbocycles. The summed E-state index contributed by atoms with van der Waals surface area (Å²) in [5, 5.41) is 3.23. The average molecular weight is 469 g/mol. The molecule has 1 aliphatic carbocycles. The topological polar surface area (TPSA) is 67.9 Å². The molecule has 0 saturated carbocycles. The minimum absolute atomic E-state index is 0.0129. The largest absolute Gasteiger partial charge is 0.382 e. The van der Waals surface area contributed by atoms with E-state index in [1.165, 1.54) is 29.8 Å². The molecule has 0 radical (unpaired) electrons. The molecular formula is C27H33FN2O4. The quantitative estimate of drug-likeness (QED) is 0.627. The number of carbonyl (C=O) groups is 2. The summed E-state index contributed by atoms with van der Waals surface area (Å²) < 4.78 is 24.9. The van der Waals surface area contributed by atoms with E-state index in [9.17, 15) is 14.0 Å². The van der Waals surface area contributed by atoms with E-state index in [2.05, 4.69) is 17.4 Å². The van der Waals surface area contributed by atoms with Gasteiger partial charge in [-0.2, -0.15) is 0 Å². The normalized spacial score (nSPS) is 21.0. The van der Waals surface area contributed by atoms with Gasteiger partial charge in [0.2, 0.25) is 5.91 Å². The fourth-order valence-corrected chi connectivity index (χ4v) is 5.28. The van der Waals surface area contributed by atoms with Crippen molar-refractivity contribution in [1.29, 1.82) is 0 Å². The van der Waals surface area contributed by atoms with Crippen molar-refractivity contribution < 1.29 is 23.5 Å². The van der Waals surface area contributed by atoms with Gasteiger partial charge in [0.15, 0.2) is 0 Å². The molecule has 6 nitrogen and oxygen atoms in total. The number of halogens is 1. The van der Waals surface area contributed by atoms with Gasteiger partial charge in [-0.1, -0.05) is 38.1 Å². The van der Waals surface area contributed by atoms with E-state index in [4.69, 9.17) is 9.47 Å². The Labute approximate surface area is 200 Å². The van der Waals surface area contributed by atoms with Crippen molar-refractivity contribution in [3.8, 4) is 0 Å². The van der Waals surface area contributed by atoms with Crippen LogP contribution in [0.5, 0.6) is 0 Å². The fraction of sp³-hybridized carbons (Fsp3) is 0.481. The minimum Gasteiger partial charge on any atom is -0.382 e. The van der Waals surface area contributed by atoms with Crippen LogP contribution in [0.3, 0.4) is 0 Å². The van der Waals surface area contributed by atoms with Gasteiger partial charge in [-0.05, 0) is 48.2 Å². The Hall–Kier alpha value is -2.77. The second kappa shape index (κ2) is 10.2. The van der Waals surface area contributed by atoms with Crippen LogP contribution in [0.25, 0.3) is 0 Å². The molecule has 2 aromatic rings. The minimum atomic E-state index is -0.359. The van der Waals surface area contributed by atoms with Crippen LogP contribution < -0.4 is 5.32 Å². The van der Waals surface area contributed by atoms with Gasteiger partial charge in [0.05, 0.1) is 25.4 Å². The standard InChI is InChI=1S/C27H33FN2O4/c1-18(2)25(31)29-23-21-6-4-5-7-22(21)27(24(23)34-17-16-33-3)12-14-30(15-13-27)26(32)19-8-10-20(28)11-9-19/h4-11,18,23-24H,12-17H2,1-3H3,(H,29,31)/t23-,24+/m0/s1. The lowest BCUT2D eigenvalue weighted by atomic mass is 9.71. The van der Waals surface area contributed by atoms with E-state index in [1.54, 1.807) is 7.11 Å². The summed E-state index contributed by atoms with van der Waals surface area (Å²) in [7, 11) is 1.64. The van der Waals surface area contributed by atoms with Crippen LogP contribution in [0.15, 0.2) is 48.5 Å². The molecule has 4 rings (SSSR count). The molecule has 7 heteroatoms. The second-order valence-corrected chi connectivity index (χ2v) is 9.47. The highest BCUT2D eigenvalue weighted by atomic mass is 19.1. The zero-order valence-corrected chi connectivity index (χ0v) is 20.1. The molecule has 0 bridgehead atoms. The van der Waals surface area contributed by atoms with Crippen LogP contribution in [0, 0.1) is 11.7 Å². The molecule has 1 saturated heterocycles. The Morgan fingerprint density at radius 1 is 1.09 bits per heavy atom. The maximum atomic E-state index is 13.3. The van der Waals surface area contributed by atoms with Crippen molar-refractivity contribution in [3.63, 3.8) is 0 Å². The second-order valence-electron chi connectivity index (χ2n) is 9.47. The zero-order chi connectivity index (χ0) is 24.3. The lowest BCUT2D eigenvalue weighted by Gasteiger charge is -2.44. The number of benzene rings is 2. The maximum absolute atomic E-state index is 13.3. The molecule has 34 heavy (non-hydrogen) atoms. The highest BCUT2D eigenvalue weighted by molar-refractivity contribution is 5.94. The molecule has 2 aliphatic rings. The Balaban J connectivity index is 1.61. The summed E-state index contributed by atoms with van der Waals surface area (Å²) in [6.07, 6.45) is 1.16. The Kier molecular flexibility index (Phi) is 7.33. The van der Waals surface area contributed by atoms with E-state index in [1.807, 2.05) is 30.9 Å². The van der Waals surface area contributed by atoms with E-state index in [0.717, 1.165) is 5.56 Å². The first-order valence-corrected chi connectivity index (χ1v) is 11.9. The number of carbonyl (C=O) groups excluding carboxylic acids is 2. The molecule has 2 amide bonds. The molecule has 1 fully saturated rings. The highest BCUT2D eigenvalue weighted by Crippen LogP contribution is 2.52. The van der Waals surface area contributed by atoms with Gasteiger partial charge >= 0.3 is 0 Å². The summed E-state index contributed by atoms with van der Waals surface area (Å²) >= 11 is 0. The third-order valence-corrected chi connectivity index (χ3v) is 7.12. The fourth-order valence-electron chi connectivity index (χ4n) is 5.28. The molecule has 1 spiro atoms. The molecule has 0 unspecified atom stereocenters. The van der Waals surface area contributed by atoms with Crippen molar-refractivity contribution in [1.82, 2.24) is 10.2 Å². The van der Waals surface area contributed by atoms with Gasteiger partial charge in [0, 0.05) is 37.1 Å². The smallest absolute Gasteiger partial charge is 0.253 e. The van der Waals surface area contributed by atoms with Gasteiger partial charge in [-0.3, -0.25) is 9.59 Å². The number of methoxy groups -OCH3 is 1. The van der Waals surface area contributed by atoms with Gasteiger partial charge in [0.1, 0.15) is 5.82 Å². The SMILES string of the molecule is COCCO[C@@H]1[C@@H](NC(=O)C(C)C)c2ccccc2C12CCN(C(=O)c1ccc(F)cc1)CC2. The van der Waals surface area contributed by atoms with Crippen LogP contribution in [0.1, 0.15) is 54.2 Å². The summed E-state index contributed by atoms with van der Waals surface area (Å²) in [6.45, 7) is 5.75. The first kappa shape index (κ1) is 24.4. The van der Waals surface area contributed by atoms with E-state index in [0.29, 0.717) is 44.7 Å². The molecule has 182 valence electrons. The molecule has 0 aromatic heterocycles. The number of fused-ring (bicyclic) bond motifs is 2. The number of rotatable bonds is 7. The third kappa shape index (κ3) is 4.59. The number of nitrogens with zero attached hydrogens (tertiary/aromatic N) is 1. The predicted molar refractivity (Wildman–Crippen MR) is 127 cm³/mol. The number of amides is 2. The summed E-state index contributed by atoms with van der Waals surface area (Å²) in [5.74, 6) is -0.607. The van der Waals surface area contributed by atoms with Crippen LogP contribution in [-0.2, 0) is 19.7 Å². The lowest BCUT2D eigenvalue weighted by Crippen LogP contribution is -2.52. The Morgan fingerprint density at radius 2 is 1.76 bits per heavy atom. The highest BCUT2D eigenvalue weighted by Gasteiger charge is 2.54. The zero-order valence-electron chi connectivity index (χ0n) is 20.1. The maximum Gasteiger partial charge on any atom is 0.253 e. The number of likely N-dealkylation sites (tertiary alicyclic amines) is 1. The predicted octanol–water partition coefficient (Wildman–Crippen LogP) is 3.86. The Morgan fingerprint density at radius 3 is 2.41 bits per heavy atom. The molecule has 1 heterocycles. The average Bonchev–Trinajstić information content (AvgIpc) is 3.08. The molecule has 1 N–H and O–H groups in total. The van der Waals surface area contributed by atoms with Crippen LogP contribution in [-0.4, -0.2) is 56.2 Å². The van der Waals surface area contributed by atoms with Crippen LogP contribution >= 0.6 is 0 Å². The number of piperidine rings is 1. The van der Waals surface area contributed by atoms with Crippen LogP contribution in [0.4, 0.5) is 4.39 Å². The van der Waals surface area contributed by atoms with E-state index < -0.39 is 0 Å². The van der Waals surface area contributed by atoms with E-state index in [-0.39, 0.29) is 41.1 Å². The number of ether oxygens (including phenoxy) is 2. The van der Waals surface area contributed by atoms with Crippen LogP contribution in [0.2, 0.25) is 0 Å². The number of hydrogen-bond acceptors (Lipinski definition) is 4. The van der Waals surface area contributed by atoms with Crippen molar-refractivity contribution in [2.45, 2.75) is 44.2 Å².